The Morgan fingerprint density at radius 2 is 2.05 bits per heavy atom. The van der Waals surface area contributed by atoms with Gasteiger partial charge in [-0.05, 0) is 30.7 Å². The molecule has 3 aromatic rings. The van der Waals surface area contributed by atoms with E-state index in [9.17, 15) is 4.79 Å². The van der Waals surface area contributed by atoms with Crippen LogP contribution in [0.25, 0.3) is 16.9 Å². The predicted molar refractivity (Wildman–Crippen MR) is 72.8 cm³/mol. The van der Waals surface area contributed by atoms with E-state index in [1.807, 2.05) is 37.4 Å². The van der Waals surface area contributed by atoms with Gasteiger partial charge in [0.2, 0.25) is 0 Å². The minimum absolute atomic E-state index is 0.0757. The highest BCUT2D eigenvalue weighted by molar-refractivity contribution is 5.86. The van der Waals surface area contributed by atoms with Crippen molar-refractivity contribution >= 4 is 5.97 Å². The van der Waals surface area contributed by atoms with Crippen LogP contribution in [0.1, 0.15) is 16.1 Å². The number of H-pyrrole nitrogens is 1. The van der Waals surface area contributed by atoms with Crippen molar-refractivity contribution in [3.8, 4) is 16.9 Å². The van der Waals surface area contributed by atoms with E-state index in [0.29, 0.717) is 5.69 Å². The summed E-state index contributed by atoms with van der Waals surface area (Å²) in [5, 5.41) is 19.6. The van der Waals surface area contributed by atoms with E-state index >= 15 is 0 Å². The van der Waals surface area contributed by atoms with Crippen LogP contribution in [0.3, 0.4) is 0 Å². The van der Waals surface area contributed by atoms with Gasteiger partial charge in [0, 0.05) is 11.8 Å². The zero-order chi connectivity index (χ0) is 14.1. The number of aromatic nitrogens is 4. The van der Waals surface area contributed by atoms with Crippen molar-refractivity contribution in [2.24, 2.45) is 0 Å². The molecule has 2 heterocycles. The van der Waals surface area contributed by atoms with Crippen molar-refractivity contribution in [3.05, 3.63) is 54.0 Å². The van der Waals surface area contributed by atoms with Gasteiger partial charge in [0.15, 0.2) is 0 Å². The molecule has 2 aromatic heterocycles. The van der Waals surface area contributed by atoms with E-state index in [0.717, 1.165) is 16.8 Å². The quantitative estimate of drug-likeness (QED) is 0.763. The smallest absolute Gasteiger partial charge is 0.353 e. The van der Waals surface area contributed by atoms with Crippen LogP contribution in [0, 0.1) is 6.92 Å². The Labute approximate surface area is 114 Å². The number of hydrogen-bond donors (Lipinski definition) is 2. The van der Waals surface area contributed by atoms with Crippen molar-refractivity contribution in [2.75, 3.05) is 0 Å². The number of aromatic carboxylic acids is 1. The second kappa shape index (κ2) is 4.65. The topological polar surface area (TPSA) is 83.8 Å². The maximum absolute atomic E-state index is 10.8. The first-order chi connectivity index (χ1) is 9.63. The van der Waals surface area contributed by atoms with Gasteiger partial charge in [-0.2, -0.15) is 10.2 Å². The zero-order valence-electron chi connectivity index (χ0n) is 10.7. The number of carboxylic acid groups (broad SMARTS) is 1. The lowest BCUT2D eigenvalue weighted by Crippen LogP contribution is -1.95. The molecule has 0 fully saturated rings. The van der Waals surface area contributed by atoms with Gasteiger partial charge in [0.1, 0.15) is 5.69 Å². The molecule has 0 amide bonds. The van der Waals surface area contributed by atoms with Crippen LogP contribution in [-0.2, 0) is 0 Å². The summed E-state index contributed by atoms with van der Waals surface area (Å²) >= 11 is 0. The number of carboxylic acids is 1. The van der Waals surface area contributed by atoms with Crippen molar-refractivity contribution in [1.82, 2.24) is 20.0 Å². The Kier molecular flexibility index (Phi) is 2.83. The van der Waals surface area contributed by atoms with E-state index in [2.05, 4.69) is 15.3 Å². The van der Waals surface area contributed by atoms with E-state index in [1.165, 1.54) is 6.07 Å². The third kappa shape index (κ3) is 2.18. The summed E-state index contributed by atoms with van der Waals surface area (Å²) in [6.45, 7) is 1.98. The fraction of sp³-hybridized carbons (Fsp3) is 0.0714. The molecule has 100 valence electrons. The van der Waals surface area contributed by atoms with E-state index in [1.54, 1.807) is 10.9 Å². The van der Waals surface area contributed by atoms with Crippen LogP contribution in [0.5, 0.6) is 0 Å². The minimum atomic E-state index is -1.02. The summed E-state index contributed by atoms with van der Waals surface area (Å²) in [7, 11) is 0. The van der Waals surface area contributed by atoms with Crippen molar-refractivity contribution in [2.45, 2.75) is 6.92 Å². The summed E-state index contributed by atoms with van der Waals surface area (Å²) in [5.41, 5.74) is 3.56. The molecule has 1 aromatic carbocycles. The normalized spacial score (nSPS) is 10.7. The zero-order valence-corrected chi connectivity index (χ0v) is 10.7. The fourth-order valence-corrected chi connectivity index (χ4v) is 1.92. The minimum Gasteiger partial charge on any atom is -0.477 e. The SMILES string of the molecule is Cc1cnn(-c2ccc(-c3cc(C(=O)O)[nH]n3)cc2)c1. The number of carbonyl (C=O) groups is 1. The van der Waals surface area contributed by atoms with Gasteiger partial charge in [-0.1, -0.05) is 12.1 Å². The largest absolute Gasteiger partial charge is 0.477 e. The monoisotopic (exact) mass is 268 g/mol. The van der Waals surface area contributed by atoms with Gasteiger partial charge in [-0.15, -0.1) is 0 Å². The number of nitrogens with one attached hydrogen (secondary N) is 1. The maximum Gasteiger partial charge on any atom is 0.353 e. The highest BCUT2D eigenvalue weighted by atomic mass is 16.4. The molecule has 3 rings (SSSR count). The van der Waals surface area contributed by atoms with Gasteiger partial charge in [0.25, 0.3) is 0 Å². The summed E-state index contributed by atoms with van der Waals surface area (Å²) < 4.78 is 1.78. The summed E-state index contributed by atoms with van der Waals surface area (Å²) in [6, 6.07) is 9.10. The first-order valence-corrected chi connectivity index (χ1v) is 6.04. The second-order valence-corrected chi connectivity index (χ2v) is 4.48. The Morgan fingerprint density at radius 3 is 2.60 bits per heavy atom. The average molecular weight is 268 g/mol. The molecule has 0 spiro atoms. The van der Waals surface area contributed by atoms with Crippen molar-refractivity contribution in [3.63, 3.8) is 0 Å². The molecule has 0 aliphatic heterocycles. The third-order valence-corrected chi connectivity index (χ3v) is 2.95. The number of rotatable bonds is 3. The van der Waals surface area contributed by atoms with Gasteiger partial charge in [-0.25, -0.2) is 9.48 Å². The lowest BCUT2D eigenvalue weighted by atomic mass is 10.1. The van der Waals surface area contributed by atoms with Crippen LogP contribution in [0.2, 0.25) is 0 Å². The Balaban J connectivity index is 1.90. The molecule has 0 saturated carbocycles. The van der Waals surface area contributed by atoms with Crippen LogP contribution in [-0.4, -0.2) is 31.1 Å². The molecule has 0 atom stereocenters. The van der Waals surface area contributed by atoms with Crippen LogP contribution in [0.15, 0.2) is 42.7 Å². The predicted octanol–water partition coefficient (Wildman–Crippen LogP) is 2.27. The molecule has 20 heavy (non-hydrogen) atoms. The molecular weight excluding hydrogens is 256 g/mol. The van der Waals surface area contributed by atoms with Crippen molar-refractivity contribution in [1.29, 1.82) is 0 Å². The van der Waals surface area contributed by atoms with E-state index in [4.69, 9.17) is 5.11 Å². The molecular formula is C14H12N4O2. The number of nitrogens with zero attached hydrogens (tertiary/aromatic N) is 3. The number of aryl methyl sites for hydroxylation is 1. The molecule has 0 aliphatic rings. The molecule has 2 N–H and O–H groups in total. The molecule has 0 unspecified atom stereocenters. The molecule has 6 nitrogen and oxygen atoms in total. The van der Waals surface area contributed by atoms with Gasteiger partial charge >= 0.3 is 5.97 Å². The van der Waals surface area contributed by atoms with Crippen molar-refractivity contribution < 1.29 is 9.90 Å². The highest BCUT2D eigenvalue weighted by Gasteiger charge is 2.09. The molecule has 6 heteroatoms. The first kappa shape index (κ1) is 12.2. The van der Waals surface area contributed by atoms with Gasteiger partial charge in [0.05, 0.1) is 17.6 Å². The van der Waals surface area contributed by atoms with Gasteiger partial charge < -0.3 is 5.11 Å². The Morgan fingerprint density at radius 1 is 1.30 bits per heavy atom. The second-order valence-electron chi connectivity index (χ2n) is 4.48. The average Bonchev–Trinajstić information content (AvgIpc) is 3.08. The number of hydrogen-bond acceptors (Lipinski definition) is 3. The molecule has 0 aliphatic carbocycles. The number of benzene rings is 1. The fourth-order valence-electron chi connectivity index (χ4n) is 1.92. The number of aromatic amines is 1. The van der Waals surface area contributed by atoms with Gasteiger partial charge in [-0.3, -0.25) is 5.10 Å². The van der Waals surface area contributed by atoms with Crippen LogP contribution in [0.4, 0.5) is 0 Å². The Hall–Kier alpha value is -2.89. The summed E-state index contributed by atoms with van der Waals surface area (Å²) in [5.74, 6) is -1.02. The molecule has 0 radical (unpaired) electrons. The van der Waals surface area contributed by atoms with Crippen LogP contribution >= 0.6 is 0 Å². The van der Waals surface area contributed by atoms with E-state index in [-0.39, 0.29) is 5.69 Å². The lowest BCUT2D eigenvalue weighted by molar-refractivity contribution is 0.0690. The highest BCUT2D eigenvalue weighted by Crippen LogP contribution is 2.19. The molecule has 0 saturated heterocycles. The summed E-state index contributed by atoms with van der Waals surface area (Å²) in [6.07, 6.45) is 3.73. The van der Waals surface area contributed by atoms with Crippen LogP contribution < -0.4 is 0 Å². The summed E-state index contributed by atoms with van der Waals surface area (Å²) in [4.78, 5) is 10.8. The first-order valence-electron chi connectivity index (χ1n) is 6.04. The third-order valence-electron chi connectivity index (χ3n) is 2.95. The molecule has 0 bridgehead atoms. The van der Waals surface area contributed by atoms with E-state index < -0.39 is 5.97 Å². The maximum atomic E-state index is 10.8. The standard InChI is InChI=1S/C14H12N4O2/c1-9-7-15-18(8-9)11-4-2-10(3-5-11)12-6-13(14(19)20)17-16-12/h2-8H,1H3,(H,16,17)(H,19,20). The Bertz CT molecular complexity index is 756. The lowest BCUT2D eigenvalue weighted by Gasteiger charge is -2.02.